The first kappa shape index (κ1) is 13.6. The summed E-state index contributed by atoms with van der Waals surface area (Å²) in [5, 5.41) is 0. The van der Waals surface area contributed by atoms with Gasteiger partial charge in [-0.05, 0) is 37.6 Å². The Morgan fingerprint density at radius 1 is 1.11 bits per heavy atom. The summed E-state index contributed by atoms with van der Waals surface area (Å²) in [4.78, 5) is 0. The van der Waals surface area contributed by atoms with Crippen molar-refractivity contribution < 1.29 is 9.13 Å². The van der Waals surface area contributed by atoms with Gasteiger partial charge in [0.05, 0.1) is 12.1 Å². The fourth-order valence-electron chi connectivity index (χ4n) is 2.10. The maximum Gasteiger partial charge on any atom is 0.128 e. The Morgan fingerprint density at radius 3 is 2.32 bits per heavy atom. The second-order valence-electron chi connectivity index (χ2n) is 4.64. The molecule has 0 bridgehead atoms. The lowest BCUT2D eigenvalue weighted by Gasteiger charge is -2.26. The number of ether oxygens (including phenoxy) is 1. The highest BCUT2D eigenvalue weighted by atomic mass is 19.1. The smallest absolute Gasteiger partial charge is 0.128 e. The molecule has 0 heterocycles. The number of rotatable bonds is 4. The Labute approximate surface area is 113 Å². The molecule has 0 aliphatic carbocycles. The van der Waals surface area contributed by atoms with Gasteiger partial charge >= 0.3 is 0 Å². The van der Waals surface area contributed by atoms with Gasteiger partial charge in [-0.15, -0.1) is 0 Å². The second-order valence-corrected chi connectivity index (χ2v) is 4.64. The third-order valence-corrected chi connectivity index (χ3v) is 3.20. The molecule has 0 fully saturated rings. The largest absolute Gasteiger partial charge is 0.494 e. The maximum absolute atomic E-state index is 13.9. The Bertz CT molecular complexity index is 549. The van der Waals surface area contributed by atoms with Crippen LogP contribution in [-0.4, -0.2) is 6.61 Å². The van der Waals surface area contributed by atoms with Gasteiger partial charge in [0.2, 0.25) is 0 Å². The highest BCUT2D eigenvalue weighted by Crippen LogP contribution is 2.29. The molecule has 0 amide bonds. The highest BCUT2D eigenvalue weighted by molar-refractivity contribution is 5.40. The van der Waals surface area contributed by atoms with Gasteiger partial charge in [-0.25, -0.2) is 4.39 Å². The molecular weight excluding hydrogens is 241 g/mol. The van der Waals surface area contributed by atoms with Gasteiger partial charge < -0.3 is 10.5 Å². The van der Waals surface area contributed by atoms with Gasteiger partial charge in [-0.2, -0.15) is 0 Å². The highest BCUT2D eigenvalue weighted by Gasteiger charge is 2.26. The summed E-state index contributed by atoms with van der Waals surface area (Å²) in [7, 11) is 0. The average Bonchev–Trinajstić information content (AvgIpc) is 2.40. The molecule has 0 radical (unpaired) electrons. The molecule has 0 aliphatic heterocycles. The van der Waals surface area contributed by atoms with Crippen LogP contribution in [0.1, 0.15) is 25.0 Å². The fraction of sp³-hybridized carbons (Fsp3) is 0.250. The zero-order chi connectivity index (χ0) is 13.9. The summed E-state index contributed by atoms with van der Waals surface area (Å²) in [6.45, 7) is 4.36. The van der Waals surface area contributed by atoms with Crippen LogP contribution in [0.25, 0.3) is 0 Å². The van der Waals surface area contributed by atoms with Crippen molar-refractivity contribution in [2.45, 2.75) is 19.4 Å². The molecule has 0 aromatic heterocycles. The van der Waals surface area contributed by atoms with Gasteiger partial charge in [-0.1, -0.05) is 30.3 Å². The lowest BCUT2D eigenvalue weighted by Crippen LogP contribution is -2.35. The van der Waals surface area contributed by atoms with Crippen molar-refractivity contribution in [2.75, 3.05) is 6.61 Å². The van der Waals surface area contributed by atoms with E-state index in [-0.39, 0.29) is 5.82 Å². The first-order valence-corrected chi connectivity index (χ1v) is 6.33. The molecule has 3 heteroatoms. The SMILES string of the molecule is CCOc1ccc(C(C)(N)c2ccccc2F)cc1. The number of halogens is 1. The molecule has 2 nitrogen and oxygen atoms in total. The van der Waals surface area contributed by atoms with Crippen LogP contribution in [0, 0.1) is 5.82 Å². The lowest BCUT2D eigenvalue weighted by atomic mass is 9.85. The Kier molecular flexibility index (Phi) is 3.86. The van der Waals surface area contributed by atoms with E-state index in [1.54, 1.807) is 25.1 Å². The second kappa shape index (κ2) is 5.41. The van der Waals surface area contributed by atoms with Crippen molar-refractivity contribution >= 4 is 0 Å². The Balaban J connectivity index is 2.36. The van der Waals surface area contributed by atoms with E-state index in [4.69, 9.17) is 10.5 Å². The van der Waals surface area contributed by atoms with Crippen LogP contribution in [0.5, 0.6) is 5.75 Å². The monoisotopic (exact) mass is 259 g/mol. The summed E-state index contributed by atoms with van der Waals surface area (Å²) in [5.74, 6) is 0.497. The molecule has 0 saturated heterocycles. The summed E-state index contributed by atoms with van der Waals surface area (Å²) in [5.41, 5.74) is 6.77. The van der Waals surface area contributed by atoms with Crippen molar-refractivity contribution in [3.8, 4) is 5.75 Å². The minimum atomic E-state index is -0.865. The van der Waals surface area contributed by atoms with Crippen LogP contribution in [0.15, 0.2) is 48.5 Å². The summed E-state index contributed by atoms with van der Waals surface area (Å²) >= 11 is 0. The summed E-state index contributed by atoms with van der Waals surface area (Å²) < 4.78 is 19.3. The van der Waals surface area contributed by atoms with Crippen molar-refractivity contribution in [2.24, 2.45) is 5.73 Å². The molecule has 19 heavy (non-hydrogen) atoms. The van der Waals surface area contributed by atoms with E-state index in [9.17, 15) is 4.39 Å². The third-order valence-electron chi connectivity index (χ3n) is 3.20. The molecule has 1 unspecified atom stereocenters. The van der Waals surface area contributed by atoms with Gasteiger partial charge in [0.1, 0.15) is 11.6 Å². The molecule has 100 valence electrons. The van der Waals surface area contributed by atoms with Gasteiger partial charge in [0, 0.05) is 5.56 Å². The normalized spacial score (nSPS) is 13.9. The van der Waals surface area contributed by atoms with Gasteiger partial charge in [0.25, 0.3) is 0 Å². The number of benzene rings is 2. The maximum atomic E-state index is 13.9. The van der Waals surface area contributed by atoms with E-state index in [2.05, 4.69) is 0 Å². The van der Waals surface area contributed by atoms with E-state index in [1.165, 1.54) is 6.07 Å². The third kappa shape index (κ3) is 2.76. The predicted octanol–water partition coefficient (Wildman–Crippen LogP) is 3.45. The first-order valence-electron chi connectivity index (χ1n) is 6.33. The van der Waals surface area contributed by atoms with E-state index in [0.29, 0.717) is 12.2 Å². The molecule has 0 aliphatic rings. The Morgan fingerprint density at radius 2 is 1.74 bits per heavy atom. The summed E-state index contributed by atoms with van der Waals surface area (Å²) in [6, 6.07) is 14.0. The van der Waals surface area contributed by atoms with Gasteiger partial charge in [-0.3, -0.25) is 0 Å². The topological polar surface area (TPSA) is 35.2 Å². The quantitative estimate of drug-likeness (QED) is 0.912. The predicted molar refractivity (Wildman–Crippen MR) is 74.7 cm³/mol. The van der Waals surface area contributed by atoms with Crippen molar-refractivity contribution in [1.82, 2.24) is 0 Å². The summed E-state index contributed by atoms with van der Waals surface area (Å²) in [6.07, 6.45) is 0. The average molecular weight is 259 g/mol. The number of hydrogen-bond donors (Lipinski definition) is 1. The van der Waals surface area contributed by atoms with E-state index >= 15 is 0 Å². The molecule has 2 rings (SSSR count). The zero-order valence-electron chi connectivity index (χ0n) is 11.2. The van der Waals surface area contributed by atoms with Crippen molar-refractivity contribution in [3.63, 3.8) is 0 Å². The minimum Gasteiger partial charge on any atom is -0.494 e. The van der Waals surface area contributed by atoms with Crippen LogP contribution in [0.2, 0.25) is 0 Å². The molecular formula is C16H18FNO. The van der Waals surface area contributed by atoms with Crippen LogP contribution in [-0.2, 0) is 5.54 Å². The van der Waals surface area contributed by atoms with E-state index in [1.807, 2.05) is 31.2 Å². The number of nitrogens with two attached hydrogens (primary N) is 1. The molecule has 2 aromatic rings. The van der Waals surface area contributed by atoms with Crippen LogP contribution >= 0.6 is 0 Å². The number of hydrogen-bond acceptors (Lipinski definition) is 2. The molecule has 0 spiro atoms. The van der Waals surface area contributed by atoms with E-state index in [0.717, 1.165) is 11.3 Å². The van der Waals surface area contributed by atoms with E-state index < -0.39 is 5.54 Å². The minimum absolute atomic E-state index is 0.290. The molecule has 1 atom stereocenters. The zero-order valence-corrected chi connectivity index (χ0v) is 11.2. The first-order chi connectivity index (χ1) is 9.05. The molecule has 2 N–H and O–H groups in total. The lowest BCUT2D eigenvalue weighted by molar-refractivity contribution is 0.340. The molecule has 0 saturated carbocycles. The Hall–Kier alpha value is -1.87. The standard InChI is InChI=1S/C16H18FNO/c1-3-19-13-10-8-12(9-11-13)16(2,18)14-6-4-5-7-15(14)17/h4-11H,3,18H2,1-2H3. The van der Waals surface area contributed by atoms with Crippen LogP contribution in [0.4, 0.5) is 4.39 Å². The van der Waals surface area contributed by atoms with Crippen LogP contribution in [0.3, 0.4) is 0 Å². The van der Waals surface area contributed by atoms with Crippen LogP contribution < -0.4 is 10.5 Å². The van der Waals surface area contributed by atoms with Gasteiger partial charge in [0.15, 0.2) is 0 Å². The van der Waals surface area contributed by atoms with Crippen molar-refractivity contribution in [3.05, 3.63) is 65.5 Å². The fourth-order valence-corrected chi connectivity index (χ4v) is 2.10. The van der Waals surface area contributed by atoms with Crippen molar-refractivity contribution in [1.29, 1.82) is 0 Å². The molecule has 2 aromatic carbocycles.